The van der Waals surface area contributed by atoms with Gasteiger partial charge in [0.1, 0.15) is 17.3 Å². The lowest BCUT2D eigenvalue weighted by Crippen LogP contribution is -2.25. The van der Waals surface area contributed by atoms with Crippen molar-refractivity contribution >= 4 is 39.5 Å². The Morgan fingerprint density at radius 2 is 1.96 bits per heavy atom. The van der Waals surface area contributed by atoms with Crippen molar-refractivity contribution < 1.29 is 23.5 Å². The van der Waals surface area contributed by atoms with Gasteiger partial charge in [-0.2, -0.15) is 0 Å². The number of carbonyl (C=O) groups is 3. The van der Waals surface area contributed by atoms with Crippen LogP contribution < -0.4 is 16.6 Å². The fourth-order valence-corrected chi connectivity index (χ4v) is 3.23. The van der Waals surface area contributed by atoms with E-state index in [0.717, 1.165) is 16.7 Å². The topological polar surface area (TPSA) is 120 Å². The van der Waals surface area contributed by atoms with Crippen LogP contribution in [0.2, 0.25) is 0 Å². The molecular weight excluding hydrogens is 413 g/mol. The number of imide groups is 1. The van der Waals surface area contributed by atoms with Gasteiger partial charge in [0.2, 0.25) is 0 Å². The van der Waals surface area contributed by atoms with Crippen LogP contribution >= 0.6 is 15.9 Å². The minimum absolute atomic E-state index is 0.0408. The summed E-state index contributed by atoms with van der Waals surface area (Å²) in [6.07, 6.45) is 0. The number of anilines is 1. The van der Waals surface area contributed by atoms with Gasteiger partial charge in [0, 0.05) is 10.5 Å². The summed E-state index contributed by atoms with van der Waals surface area (Å²) < 4.78 is 20.3. The third-order valence-corrected chi connectivity index (χ3v) is 4.31. The molecule has 1 aromatic carbocycles. The largest absolute Gasteiger partial charge is 0.462 e. The van der Waals surface area contributed by atoms with Gasteiger partial charge >= 0.3 is 5.97 Å². The molecule has 1 aliphatic heterocycles. The van der Waals surface area contributed by atoms with Crippen LogP contribution in [-0.2, 0) is 4.74 Å². The Bertz CT molecular complexity index is 1020. The van der Waals surface area contributed by atoms with E-state index in [4.69, 9.17) is 10.5 Å². The summed E-state index contributed by atoms with van der Waals surface area (Å²) in [7, 11) is 0. The van der Waals surface area contributed by atoms with Gasteiger partial charge in [-0.05, 0) is 35.0 Å². The van der Waals surface area contributed by atoms with E-state index in [1.165, 1.54) is 6.07 Å². The molecule has 0 aliphatic carbocycles. The standard InChI is InChI=1S/C16H11BrFN3O5/c1-2-26-16(25)6-3-8(17)12(9(18)4-6)21-10(22)5-7-11(13(21)19)15(24)20-14(7)23/h3-5H,2,19H2,1H3,(H,20,23,24). The maximum absolute atomic E-state index is 14.7. The molecule has 0 bridgehead atoms. The number of nitrogens with zero attached hydrogens (tertiary/aromatic N) is 1. The third kappa shape index (κ3) is 2.68. The Morgan fingerprint density at radius 3 is 2.58 bits per heavy atom. The molecule has 0 atom stereocenters. The molecule has 134 valence electrons. The SMILES string of the molecule is CCOC(=O)c1cc(F)c(-n2c(N)c3c(cc2=O)C(=O)NC3=O)c(Br)c1. The number of hydrogen-bond acceptors (Lipinski definition) is 6. The molecule has 2 aromatic rings. The number of nitrogens with one attached hydrogen (secondary N) is 1. The van der Waals surface area contributed by atoms with Gasteiger partial charge in [-0.3, -0.25) is 24.3 Å². The van der Waals surface area contributed by atoms with Crippen molar-refractivity contribution in [3.63, 3.8) is 0 Å². The Balaban J connectivity index is 2.24. The summed E-state index contributed by atoms with van der Waals surface area (Å²) in [6, 6.07) is 3.06. The lowest BCUT2D eigenvalue weighted by Gasteiger charge is -2.15. The summed E-state index contributed by atoms with van der Waals surface area (Å²) in [5, 5.41) is 2.02. The zero-order valence-electron chi connectivity index (χ0n) is 13.3. The summed E-state index contributed by atoms with van der Waals surface area (Å²) >= 11 is 3.10. The minimum Gasteiger partial charge on any atom is -0.462 e. The number of rotatable bonds is 3. The lowest BCUT2D eigenvalue weighted by atomic mass is 10.1. The predicted octanol–water partition coefficient (Wildman–Crippen LogP) is 1.38. The van der Waals surface area contributed by atoms with Crippen LogP contribution in [0.3, 0.4) is 0 Å². The number of aromatic nitrogens is 1. The van der Waals surface area contributed by atoms with Gasteiger partial charge in [-0.1, -0.05) is 0 Å². The first-order chi connectivity index (χ1) is 12.3. The first-order valence-electron chi connectivity index (χ1n) is 7.34. The van der Waals surface area contributed by atoms with Gasteiger partial charge in [0.15, 0.2) is 0 Å². The van der Waals surface area contributed by atoms with Crippen molar-refractivity contribution in [2.24, 2.45) is 0 Å². The second kappa shape index (κ2) is 6.37. The second-order valence-electron chi connectivity index (χ2n) is 5.28. The number of benzene rings is 1. The van der Waals surface area contributed by atoms with Gasteiger partial charge in [0.05, 0.1) is 23.3 Å². The van der Waals surface area contributed by atoms with Crippen LogP contribution in [0, 0.1) is 5.82 Å². The van der Waals surface area contributed by atoms with Crippen molar-refractivity contribution in [3.8, 4) is 5.69 Å². The molecule has 1 aromatic heterocycles. The van der Waals surface area contributed by atoms with E-state index in [9.17, 15) is 23.6 Å². The number of fused-ring (bicyclic) bond motifs is 1. The smallest absolute Gasteiger partial charge is 0.338 e. The molecule has 8 nitrogen and oxygen atoms in total. The molecule has 0 saturated heterocycles. The Morgan fingerprint density at radius 1 is 1.27 bits per heavy atom. The lowest BCUT2D eigenvalue weighted by molar-refractivity contribution is 0.0525. The summed E-state index contributed by atoms with van der Waals surface area (Å²) in [4.78, 5) is 47.7. The van der Waals surface area contributed by atoms with Crippen LogP contribution in [0.25, 0.3) is 5.69 Å². The van der Waals surface area contributed by atoms with Gasteiger partial charge < -0.3 is 10.5 Å². The van der Waals surface area contributed by atoms with E-state index in [1.54, 1.807) is 6.92 Å². The maximum atomic E-state index is 14.7. The van der Waals surface area contributed by atoms with Gasteiger partial charge in [-0.15, -0.1) is 0 Å². The average Bonchev–Trinajstić information content (AvgIpc) is 2.83. The van der Waals surface area contributed by atoms with Gasteiger partial charge in [-0.25, -0.2) is 9.18 Å². The van der Waals surface area contributed by atoms with E-state index in [0.29, 0.717) is 0 Å². The zero-order chi connectivity index (χ0) is 19.2. The predicted molar refractivity (Wildman–Crippen MR) is 91.9 cm³/mol. The quantitative estimate of drug-likeness (QED) is 0.568. The number of carbonyl (C=O) groups excluding carboxylic acids is 3. The normalized spacial score (nSPS) is 12.7. The first kappa shape index (κ1) is 17.8. The third-order valence-electron chi connectivity index (χ3n) is 3.70. The number of ether oxygens (including phenoxy) is 1. The molecule has 3 N–H and O–H groups in total. The number of nitrogen functional groups attached to an aromatic ring is 1. The van der Waals surface area contributed by atoms with Crippen molar-refractivity contribution in [2.75, 3.05) is 12.3 Å². The molecule has 2 heterocycles. The molecule has 0 radical (unpaired) electrons. The van der Waals surface area contributed by atoms with E-state index in [-0.39, 0.29) is 39.3 Å². The molecule has 10 heteroatoms. The van der Waals surface area contributed by atoms with Crippen molar-refractivity contribution in [2.45, 2.75) is 6.92 Å². The van der Waals surface area contributed by atoms with E-state index in [2.05, 4.69) is 15.9 Å². The van der Waals surface area contributed by atoms with Crippen LogP contribution in [-0.4, -0.2) is 29.0 Å². The summed E-state index contributed by atoms with van der Waals surface area (Å²) in [5.74, 6) is -3.60. The highest BCUT2D eigenvalue weighted by atomic mass is 79.9. The number of nitrogens with two attached hydrogens (primary N) is 1. The second-order valence-corrected chi connectivity index (χ2v) is 6.14. The highest BCUT2D eigenvalue weighted by Gasteiger charge is 2.32. The molecule has 0 spiro atoms. The molecule has 0 fully saturated rings. The first-order valence-corrected chi connectivity index (χ1v) is 8.13. The molecule has 26 heavy (non-hydrogen) atoms. The highest BCUT2D eigenvalue weighted by Crippen LogP contribution is 2.30. The van der Waals surface area contributed by atoms with Crippen molar-refractivity contribution in [1.29, 1.82) is 0 Å². The summed E-state index contributed by atoms with van der Waals surface area (Å²) in [5.41, 5.74) is 4.31. The number of pyridine rings is 1. The monoisotopic (exact) mass is 423 g/mol. The molecule has 3 rings (SSSR count). The number of hydrogen-bond donors (Lipinski definition) is 2. The van der Waals surface area contributed by atoms with Crippen LogP contribution in [0.1, 0.15) is 38.0 Å². The molecule has 2 amide bonds. The van der Waals surface area contributed by atoms with E-state index < -0.39 is 29.2 Å². The molecule has 0 saturated carbocycles. The molecule has 1 aliphatic rings. The fourth-order valence-electron chi connectivity index (χ4n) is 2.62. The van der Waals surface area contributed by atoms with Crippen LogP contribution in [0.4, 0.5) is 10.2 Å². The molecule has 0 unspecified atom stereocenters. The minimum atomic E-state index is -0.944. The van der Waals surface area contributed by atoms with Crippen LogP contribution in [0.5, 0.6) is 0 Å². The zero-order valence-corrected chi connectivity index (χ0v) is 14.8. The highest BCUT2D eigenvalue weighted by molar-refractivity contribution is 9.10. The Labute approximate surface area is 153 Å². The van der Waals surface area contributed by atoms with Gasteiger partial charge in [0.25, 0.3) is 17.4 Å². The Hall–Kier alpha value is -3.01. The van der Waals surface area contributed by atoms with E-state index in [1.807, 2.05) is 5.32 Å². The van der Waals surface area contributed by atoms with Crippen LogP contribution in [0.15, 0.2) is 27.5 Å². The fraction of sp³-hybridized carbons (Fsp3) is 0.125. The maximum Gasteiger partial charge on any atom is 0.338 e. The van der Waals surface area contributed by atoms with Crippen molar-refractivity contribution in [3.05, 3.63) is 55.5 Å². The average molecular weight is 424 g/mol. The van der Waals surface area contributed by atoms with Crippen molar-refractivity contribution in [1.82, 2.24) is 9.88 Å². The number of esters is 1. The van der Waals surface area contributed by atoms with E-state index >= 15 is 0 Å². The Kier molecular flexibility index (Phi) is 4.36. The summed E-state index contributed by atoms with van der Waals surface area (Å²) in [6.45, 7) is 1.72. The number of halogens is 2. The number of amides is 2. The molecular formula is C16H11BrFN3O5.